The molecule has 2 N–H and O–H groups in total. The third-order valence-electron chi connectivity index (χ3n) is 4.02. The molecule has 0 amide bonds. The summed E-state index contributed by atoms with van der Waals surface area (Å²) in [4.78, 5) is 3.66. The maximum absolute atomic E-state index is 3.66. The van der Waals surface area contributed by atoms with Gasteiger partial charge in [-0.25, -0.2) is 0 Å². The van der Waals surface area contributed by atoms with Crippen molar-refractivity contribution in [1.29, 1.82) is 0 Å². The standard InChI is InChI=1S/C15H20N2/c1-9-6-10(2)14-13(7-9)11(3)15(17-14)12-4-5-16-8-12/h6-7,12,16-17H,4-5,8H2,1-3H3. The van der Waals surface area contributed by atoms with Crippen LogP contribution in [0.3, 0.4) is 0 Å². The highest BCUT2D eigenvalue weighted by atomic mass is 14.9. The van der Waals surface area contributed by atoms with Gasteiger partial charge in [0.25, 0.3) is 0 Å². The molecule has 2 nitrogen and oxygen atoms in total. The van der Waals surface area contributed by atoms with Gasteiger partial charge < -0.3 is 10.3 Å². The molecule has 1 aromatic heterocycles. The van der Waals surface area contributed by atoms with E-state index in [9.17, 15) is 0 Å². The first-order chi connectivity index (χ1) is 8.16. The fourth-order valence-corrected chi connectivity index (χ4v) is 3.11. The zero-order valence-electron chi connectivity index (χ0n) is 10.9. The summed E-state index contributed by atoms with van der Waals surface area (Å²) in [6, 6.07) is 4.56. The first-order valence-electron chi connectivity index (χ1n) is 6.47. The van der Waals surface area contributed by atoms with Gasteiger partial charge in [0.1, 0.15) is 0 Å². The molecule has 0 aliphatic carbocycles. The van der Waals surface area contributed by atoms with Crippen LogP contribution in [-0.2, 0) is 0 Å². The molecule has 0 radical (unpaired) electrons. The van der Waals surface area contributed by atoms with Crippen LogP contribution in [0.4, 0.5) is 0 Å². The number of hydrogen-bond donors (Lipinski definition) is 2. The fraction of sp³-hybridized carbons (Fsp3) is 0.467. The van der Waals surface area contributed by atoms with Gasteiger partial charge in [-0.2, -0.15) is 0 Å². The van der Waals surface area contributed by atoms with E-state index < -0.39 is 0 Å². The molecule has 1 unspecified atom stereocenters. The number of rotatable bonds is 1. The summed E-state index contributed by atoms with van der Waals surface area (Å²) in [6.07, 6.45) is 1.26. The molecule has 17 heavy (non-hydrogen) atoms. The van der Waals surface area contributed by atoms with Crippen LogP contribution in [-0.4, -0.2) is 18.1 Å². The predicted octanol–water partition coefficient (Wildman–Crippen LogP) is 3.17. The third kappa shape index (κ3) is 1.67. The molecule has 2 heteroatoms. The number of aryl methyl sites for hydroxylation is 3. The van der Waals surface area contributed by atoms with Crippen LogP contribution in [0.1, 0.15) is 34.7 Å². The quantitative estimate of drug-likeness (QED) is 0.771. The van der Waals surface area contributed by atoms with Crippen molar-refractivity contribution in [3.05, 3.63) is 34.5 Å². The molecule has 1 aliphatic rings. The molecule has 3 rings (SSSR count). The van der Waals surface area contributed by atoms with Gasteiger partial charge in [0.2, 0.25) is 0 Å². The van der Waals surface area contributed by atoms with Crippen molar-refractivity contribution < 1.29 is 0 Å². The lowest BCUT2D eigenvalue weighted by Crippen LogP contribution is -2.08. The van der Waals surface area contributed by atoms with E-state index >= 15 is 0 Å². The Labute approximate surface area is 102 Å². The summed E-state index contributed by atoms with van der Waals surface area (Å²) in [5, 5.41) is 4.86. The molecule has 2 aromatic rings. The average Bonchev–Trinajstić information content (AvgIpc) is 2.87. The van der Waals surface area contributed by atoms with Gasteiger partial charge in [-0.1, -0.05) is 11.6 Å². The summed E-state index contributed by atoms with van der Waals surface area (Å²) in [5.41, 5.74) is 6.93. The van der Waals surface area contributed by atoms with Gasteiger partial charge in [0.05, 0.1) is 0 Å². The number of benzene rings is 1. The highest BCUT2D eigenvalue weighted by molar-refractivity contribution is 5.88. The summed E-state index contributed by atoms with van der Waals surface area (Å²) >= 11 is 0. The monoisotopic (exact) mass is 228 g/mol. The van der Waals surface area contributed by atoms with Crippen molar-refractivity contribution in [1.82, 2.24) is 10.3 Å². The molecule has 1 aromatic carbocycles. The van der Waals surface area contributed by atoms with Crippen molar-refractivity contribution in [2.45, 2.75) is 33.1 Å². The Hall–Kier alpha value is -1.28. The van der Waals surface area contributed by atoms with E-state index in [4.69, 9.17) is 0 Å². The van der Waals surface area contributed by atoms with Gasteiger partial charge in [0.15, 0.2) is 0 Å². The largest absolute Gasteiger partial charge is 0.358 e. The second-order valence-corrected chi connectivity index (χ2v) is 5.36. The second kappa shape index (κ2) is 3.88. The van der Waals surface area contributed by atoms with Gasteiger partial charge in [-0.05, 0) is 50.9 Å². The minimum absolute atomic E-state index is 0.669. The number of H-pyrrole nitrogens is 1. The number of aromatic nitrogens is 1. The Morgan fingerprint density at radius 3 is 2.71 bits per heavy atom. The Morgan fingerprint density at radius 2 is 2.00 bits per heavy atom. The van der Waals surface area contributed by atoms with Crippen LogP contribution in [0.25, 0.3) is 10.9 Å². The number of nitrogens with one attached hydrogen (secondary N) is 2. The number of aromatic amines is 1. The first-order valence-corrected chi connectivity index (χ1v) is 6.47. The predicted molar refractivity (Wildman–Crippen MR) is 72.7 cm³/mol. The van der Waals surface area contributed by atoms with Crippen LogP contribution in [0.15, 0.2) is 12.1 Å². The van der Waals surface area contributed by atoms with Crippen molar-refractivity contribution in [2.75, 3.05) is 13.1 Å². The van der Waals surface area contributed by atoms with Crippen LogP contribution in [0, 0.1) is 20.8 Å². The van der Waals surface area contributed by atoms with E-state index in [-0.39, 0.29) is 0 Å². The smallest absolute Gasteiger partial charge is 0.0488 e. The molecule has 2 heterocycles. The summed E-state index contributed by atoms with van der Waals surface area (Å²) in [5.74, 6) is 0.669. The lowest BCUT2D eigenvalue weighted by atomic mass is 9.99. The van der Waals surface area contributed by atoms with Crippen LogP contribution in [0.2, 0.25) is 0 Å². The molecular formula is C15H20N2. The molecule has 1 aliphatic heterocycles. The zero-order chi connectivity index (χ0) is 12.0. The van der Waals surface area contributed by atoms with E-state index in [1.807, 2.05) is 0 Å². The highest BCUT2D eigenvalue weighted by Gasteiger charge is 2.21. The lowest BCUT2D eigenvalue weighted by Gasteiger charge is -2.07. The average molecular weight is 228 g/mol. The molecule has 1 fully saturated rings. The normalized spacial score (nSPS) is 20.3. The molecule has 90 valence electrons. The summed E-state index contributed by atoms with van der Waals surface area (Å²) in [7, 11) is 0. The van der Waals surface area contributed by atoms with Crippen molar-refractivity contribution in [3.63, 3.8) is 0 Å². The molecular weight excluding hydrogens is 208 g/mol. The van der Waals surface area contributed by atoms with E-state index in [0.717, 1.165) is 13.1 Å². The Bertz CT molecular complexity index is 560. The van der Waals surface area contributed by atoms with E-state index in [0.29, 0.717) is 5.92 Å². The molecule has 1 atom stereocenters. The van der Waals surface area contributed by atoms with Crippen LogP contribution < -0.4 is 5.32 Å². The molecule has 0 bridgehead atoms. The maximum atomic E-state index is 3.66. The van der Waals surface area contributed by atoms with Gasteiger partial charge in [-0.3, -0.25) is 0 Å². The van der Waals surface area contributed by atoms with Crippen LogP contribution in [0.5, 0.6) is 0 Å². The molecule has 0 spiro atoms. The Kier molecular flexibility index (Phi) is 2.48. The molecule has 1 saturated heterocycles. The SMILES string of the molecule is Cc1cc(C)c2[nH]c(C3CCNC3)c(C)c2c1. The van der Waals surface area contributed by atoms with E-state index in [1.54, 1.807) is 0 Å². The van der Waals surface area contributed by atoms with Gasteiger partial charge in [-0.15, -0.1) is 0 Å². The highest BCUT2D eigenvalue weighted by Crippen LogP contribution is 2.32. The number of fused-ring (bicyclic) bond motifs is 1. The minimum atomic E-state index is 0.669. The topological polar surface area (TPSA) is 27.8 Å². The van der Waals surface area contributed by atoms with E-state index in [1.165, 1.54) is 39.7 Å². The van der Waals surface area contributed by atoms with Crippen LogP contribution >= 0.6 is 0 Å². The fourth-order valence-electron chi connectivity index (χ4n) is 3.11. The molecule has 0 saturated carbocycles. The lowest BCUT2D eigenvalue weighted by molar-refractivity contribution is 0.737. The summed E-state index contributed by atoms with van der Waals surface area (Å²) < 4.78 is 0. The van der Waals surface area contributed by atoms with Crippen molar-refractivity contribution in [2.24, 2.45) is 0 Å². The maximum Gasteiger partial charge on any atom is 0.0488 e. The number of hydrogen-bond acceptors (Lipinski definition) is 1. The summed E-state index contributed by atoms with van der Waals surface area (Å²) in [6.45, 7) is 8.90. The zero-order valence-corrected chi connectivity index (χ0v) is 10.9. The van der Waals surface area contributed by atoms with Gasteiger partial charge >= 0.3 is 0 Å². The second-order valence-electron chi connectivity index (χ2n) is 5.36. The minimum Gasteiger partial charge on any atom is -0.358 e. The first kappa shape index (κ1) is 10.8. The Morgan fingerprint density at radius 1 is 1.18 bits per heavy atom. The van der Waals surface area contributed by atoms with Crippen molar-refractivity contribution >= 4 is 10.9 Å². The van der Waals surface area contributed by atoms with E-state index in [2.05, 4.69) is 43.2 Å². The van der Waals surface area contributed by atoms with Crippen molar-refractivity contribution in [3.8, 4) is 0 Å². The Balaban J connectivity index is 2.20. The third-order valence-corrected chi connectivity index (χ3v) is 4.02. The van der Waals surface area contributed by atoms with Gasteiger partial charge in [0, 0.05) is 29.1 Å².